The number of fused-ring (bicyclic) bond motifs is 1. The van der Waals surface area contributed by atoms with E-state index < -0.39 is 0 Å². The first-order valence-corrected chi connectivity index (χ1v) is 7.07. The number of rotatable bonds is 3. The molecule has 4 nitrogen and oxygen atoms in total. The Kier molecular flexibility index (Phi) is 3.65. The molecule has 2 aromatic rings. The van der Waals surface area contributed by atoms with Crippen LogP contribution in [0.5, 0.6) is 0 Å². The van der Waals surface area contributed by atoms with Crippen molar-refractivity contribution in [2.45, 2.75) is 26.4 Å². The van der Waals surface area contributed by atoms with Crippen LogP contribution in [0.2, 0.25) is 0 Å². The first-order valence-electron chi connectivity index (χ1n) is 7.07. The fraction of sp³-hybridized carbons (Fsp3) is 0.375. The molecule has 0 radical (unpaired) electrons. The summed E-state index contributed by atoms with van der Waals surface area (Å²) in [7, 11) is 1.94. The maximum atomic E-state index is 4.66. The second-order valence-electron chi connectivity index (χ2n) is 5.25. The number of benzene rings is 1. The van der Waals surface area contributed by atoms with Gasteiger partial charge in [-0.3, -0.25) is 0 Å². The predicted octanol–water partition coefficient (Wildman–Crippen LogP) is 2.07. The standard InChI is InChI=1S/C16H20N4/c1-12-15(9-17-2)10-18-16(19-12)20-8-7-13-5-3-4-6-14(13)11-20/h3-6,10,17H,7-9,11H2,1-2H3. The van der Waals surface area contributed by atoms with E-state index in [2.05, 4.69) is 51.4 Å². The van der Waals surface area contributed by atoms with Crippen LogP contribution in [0.25, 0.3) is 0 Å². The normalized spacial score (nSPS) is 14.2. The highest BCUT2D eigenvalue weighted by atomic mass is 15.2. The second-order valence-corrected chi connectivity index (χ2v) is 5.25. The second kappa shape index (κ2) is 5.59. The maximum Gasteiger partial charge on any atom is 0.225 e. The van der Waals surface area contributed by atoms with Crippen molar-refractivity contribution in [3.8, 4) is 0 Å². The summed E-state index contributed by atoms with van der Waals surface area (Å²) in [4.78, 5) is 11.5. The first-order chi connectivity index (χ1) is 9.78. The van der Waals surface area contributed by atoms with Crippen LogP contribution in [-0.4, -0.2) is 23.6 Å². The zero-order valence-electron chi connectivity index (χ0n) is 12.1. The van der Waals surface area contributed by atoms with Crippen molar-refractivity contribution in [2.75, 3.05) is 18.5 Å². The maximum absolute atomic E-state index is 4.66. The molecule has 0 spiro atoms. The van der Waals surface area contributed by atoms with Gasteiger partial charge in [0.15, 0.2) is 0 Å². The molecule has 0 aliphatic carbocycles. The molecule has 0 fully saturated rings. The van der Waals surface area contributed by atoms with E-state index in [1.807, 2.05) is 13.2 Å². The predicted molar refractivity (Wildman–Crippen MR) is 80.7 cm³/mol. The highest BCUT2D eigenvalue weighted by Gasteiger charge is 2.18. The Hall–Kier alpha value is -1.94. The molecule has 0 unspecified atom stereocenters. The van der Waals surface area contributed by atoms with Gasteiger partial charge >= 0.3 is 0 Å². The van der Waals surface area contributed by atoms with Gasteiger partial charge in [-0.15, -0.1) is 0 Å². The summed E-state index contributed by atoms with van der Waals surface area (Å²) in [5.41, 5.74) is 5.06. The lowest BCUT2D eigenvalue weighted by atomic mass is 10.0. The smallest absolute Gasteiger partial charge is 0.225 e. The molecule has 0 atom stereocenters. The molecule has 1 aliphatic heterocycles. The summed E-state index contributed by atoms with van der Waals surface area (Å²) in [5.74, 6) is 0.844. The van der Waals surface area contributed by atoms with Gasteiger partial charge < -0.3 is 10.2 Å². The number of nitrogens with zero attached hydrogens (tertiary/aromatic N) is 3. The van der Waals surface area contributed by atoms with Gasteiger partial charge in [0.25, 0.3) is 0 Å². The molecule has 0 saturated heterocycles. The third kappa shape index (κ3) is 2.51. The van der Waals surface area contributed by atoms with Gasteiger partial charge in [0, 0.05) is 37.1 Å². The lowest BCUT2D eigenvalue weighted by Gasteiger charge is -2.29. The van der Waals surface area contributed by atoms with Crippen LogP contribution in [0.4, 0.5) is 5.95 Å². The number of hydrogen-bond acceptors (Lipinski definition) is 4. The molecule has 4 heteroatoms. The van der Waals surface area contributed by atoms with E-state index >= 15 is 0 Å². The molecule has 0 saturated carbocycles. The molecule has 104 valence electrons. The Labute approximate surface area is 119 Å². The average molecular weight is 268 g/mol. The van der Waals surface area contributed by atoms with Crippen LogP contribution >= 0.6 is 0 Å². The molecule has 0 amide bonds. The van der Waals surface area contributed by atoms with E-state index in [1.165, 1.54) is 11.1 Å². The number of aromatic nitrogens is 2. The van der Waals surface area contributed by atoms with Crippen molar-refractivity contribution in [2.24, 2.45) is 0 Å². The minimum absolute atomic E-state index is 0.814. The minimum Gasteiger partial charge on any atom is -0.336 e. The number of anilines is 1. The molecule has 1 aliphatic rings. The lowest BCUT2D eigenvalue weighted by molar-refractivity contribution is 0.700. The summed E-state index contributed by atoms with van der Waals surface area (Å²) >= 11 is 0. The van der Waals surface area contributed by atoms with Crippen molar-refractivity contribution >= 4 is 5.95 Å². The molecular formula is C16H20N4. The summed E-state index contributed by atoms with van der Waals surface area (Å²) in [5, 5.41) is 3.14. The molecule has 0 bridgehead atoms. The highest BCUT2D eigenvalue weighted by Crippen LogP contribution is 2.22. The number of aryl methyl sites for hydroxylation is 1. The first kappa shape index (κ1) is 13.1. The van der Waals surface area contributed by atoms with Crippen LogP contribution < -0.4 is 10.2 Å². The van der Waals surface area contributed by atoms with Crippen molar-refractivity contribution in [3.63, 3.8) is 0 Å². The number of nitrogens with one attached hydrogen (secondary N) is 1. The van der Waals surface area contributed by atoms with Gasteiger partial charge in [-0.1, -0.05) is 24.3 Å². The molecule has 20 heavy (non-hydrogen) atoms. The van der Waals surface area contributed by atoms with E-state index in [9.17, 15) is 0 Å². The molecule has 1 aromatic carbocycles. The zero-order chi connectivity index (χ0) is 13.9. The quantitative estimate of drug-likeness (QED) is 0.925. The van der Waals surface area contributed by atoms with Crippen LogP contribution in [0.3, 0.4) is 0 Å². The summed E-state index contributed by atoms with van der Waals surface area (Å²) in [6.07, 6.45) is 3.01. The van der Waals surface area contributed by atoms with Gasteiger partial charge in [-0.25, -0.2) is 9.97 Å². The van der Waals surface area contributed by atoms with E-state index in [-0.39, 0.29) is 0 Å². The Balaban J connectivity index is 1.83. The molecule has 3 rings (SSSR count). The largest absolute Gasteiger partial charge is 0.336 e. The van der Waals surface area contributed by atoms with Gasteiger partial charge in [-0.2, -0.15) is 0 Å². The number of hydrogen-bond donors (Lipinski definition) is 1. The van der Waals surface area contributed by atoms with Gasteiger partial charge in [0.2, 0.25) is 5.95 Å². The third-order valence-corrected chi connectivity index (χ3v) is 3.85. The van der Waals surface area contributed by atoms with Crippen molar-refractivity contribution in [1.29, 1.82) is 0 Å². The van der Waals surface area contributed by atoms with E-state index in [4.69, 9.17) is 0 Å². The molecular weight excluding hydrogens is 248 g/mol. The Morgan fingerprint density at radius 3 is 2.80 bits per heavy atom. The van der Waals surface area contributed by atoms with Crippen LogP contribution in [0, 0.1) is 6.92 Å². The third-order valence-electron chi connectivity index (χ3n) is 3.85. The Bertz CT molecular complexity index is 609. The van der Waals surface area contributed by atoms with Gasteiger partial charge in [0.05, 0.1) is 0 Å². The molecule has 1 aromatic heterocycles. The van der Waals surface area contributed by atoms with Crippen LogP contribution in [0.1, 0.15) is 22.4 Å². The minimum atomic E-state index is 0.814. The average Bonchev–Trinajstić information content (AvgIpc) is 2.49. The van der Waals surface area contributed by atoms with Crippen molar-refractivity contribution < 1.29 is 0 Å². The van der Waals surface area contributed by atoms with Gasteiger partial charge in [-0.05, 0) is 31.5 Å². The summed E-state index contributed by atoms with van der Waals surface area (Å²) < 4.78 is 0. The highest BCUT2D eigenvalue weighted by molar-refractivity contribution is 5.40. The van der Waals surface area contributed by atoms with E-state index in [1.54, 1.807) is 0 Å². The zero-order valence-corrected chi connectivity index (χ0v) is 12.1. The van der Waals surface area contributed by atoms with Crippen LogP contribution in [0.15, 0.2) is 30.5 Å². The molecule has 2 heterocycles. The monoisotopic (exact) mass is 268 g/mol. The lowest BCUT2D eigenvalue weighted by Crippen LogP contribution is -2.32. The van der Waals surface area contributed by atoms with Crippen molar-refractivity contribution in [3.05, 3.63) is 52.8 Å². The summed E-state index contributed by atoms with van der Waals surface area (Å²) in [6, 6.07) is 8.63. The summed E-state index contributed by atoms with van der Waals surface area (Å²) in [6.45, 7) is 4.76. The van der Waals surface area contributed by atoms with E-state index in [0.29, 0.717) is 0 Å². The Morgan fingerprint density at radius 1 is 1.25 bits per heavy atom. The van der Waals surface area contributed by atoms with Crippen LogP contribution in [-0.2, 0) is 19.5 Å². The SMILES string of the molecule is CNCc1cnc(N2CCc3ccccc3C2)nc1C. The fourth-order valence-corrected chi connectivity index (χ4v) is 2.66. The fourth-order valence-electron chi connectivity index (χ4n) is 2.66. The molecule has 1 N–H and O–H groups in total. The Morgan fingerprint density at radius 2 is 2.05 bits per heavy atom. The van der Waals surface area contributed by atoms with Crippen molar-refractivity contribution in [1.82, 2.24) is 15.3 Å². The topological polar surface area (TPSA) is 41.1 Å². The van der Waals surface area contributed by atoms with Gasteiger partial charge in [0.1, 0.15) is 0 Å². The van der Waals surface area contributed by atoms with E-state index in [0.717, 1.165) is 43.3 Å².